The lowest BCUT2D eigenvalue weighted by Gasteiger charge is -2.24. The molecule has 1 heterocycles. The number of amides is 1. The van der Waals surface area contributed by atoms with Gasteiger partial charge in [0.25, 0.3) is 0 Å². The Morgan fingerprint density at radius 1 is 1.21 bits per heavy atom. The number of benzene rings is 1. The number of halogens is 1. The maximum Gasteiger partial charge on any atom is 0.405 e. The van der Waals surface area contributed by atoms with E-state index in [9.17, 15) is 4.79 Å². The van der Waals surface area contributed by atoms with E-state index < -0.39 is 11.6 Å². The summed E-state index contributed by atoms with van der Waals surface area (Å²) >= 11 is 6.19. The molecule has 1 amide bonds. The Hall–Kier alpha value is -2.14. The first-order valence-electron chi connectivity index (χ1n) is 7.71. The van der Waals surface area contributed by atoms with E-state index in [1.807, 2.05) is 6.92 Å². The number of aromatic nitrogens is 2. The molecule has 0 fully saturated rings. The number of carbonyl (C=O) groups is 1. The largest absolute Gasteiger partial charge is 0.465 e. The molecule has 1 aromatic carbocycles. The fourth-order valence-corrected chi connectivity index (χ4v) is 2.95. The van der Waals surface area contributed by atoms with Crippen LogP contribution >= 0.6 is 11.6 Å². The third-order valence-electron chi connectivity index (χ3n) is 3.99. The topological polar surface area (TPSA) is 75.1 Å². The smallest absolute Gasteiger partial charge is 0.405 e. The molecule has 128 valence electrons. The van der Waals surface area contributed by atoms with Crippen LogP contribution in [0.4, 0.5) is 4.79 Å². The fourth-order valence-electron chi connectivity index (χ4n) is 2.75. The average Bonchev–Trinajstić information content (AvgIpc) is 2.40. The minimum atomic E-state index is -1.08. The van der Waals surface area contributed by atoms with E-state index in [4.69, 9.17) is 16.7 Å². The van der Waals surface area contributed by atoms with Crippen LogP contribution in [0.1, 0.15) is 36.4 Å². The minimum absolute atomic E-state index is 0.344. The Kier molecular flexibility index (Phi) is 5.13. The van der Waals surface area contributed by atoms with Gasteiger partial charge in [-0.1, -0.05) is 23.7 Å². The number of rotatable bonds is 4. The molecule has 6 heteroatoms. The quantitative estimate of drug-likeness (QED) is 0.808. The first kappa shape index (κ1) is 18.2. The van der Waals surface area contributed by atoms with Crippen LogP contribution in [-0.4, -0.2) is 26.7 Å². The van der Waals surface area contributed by atoms with E-state index in [1.165, 1.54) is 5.56 Å². The second kappa shape index (κ2) is 6.77. The molecule has 5 nitrogen and oxygen atoms in total. The van der Waals surface area contributed by atoms with Crippen molar-refractivity contribution in [3.63, 3.8) is 0 Å². The van der Waals surface area contributed by atoms with Gasteiger partial charge in [-0.05, 0) is 51.3 Å². The maximum absolute atomic E-state index is 10.9. The first-order valence-corrected chi connectivity index (χ1v) is 8.08. The molecule has 1 aromatic heterocycles. The van der Waals surface area contributed by atoms with Crippen LogP contribution in [0, 0.1) is 20.8 Å². The molecule has 0 atom stereocenters. The molecule has 0 radical (unpaired) electrons. The zero-order valence-electron chi connectivity index (χ0n) is 14.6. The van der Waals surface area contributed by atoms with Crippen molar-refractivity contribution in [3.8, 4) is 11.3 Å². The summed E-state index contributed by atoms with van der Waals surface area (Å²) in [5.41, 5.74) is 4.56. The molecule has 0 aliphatic carbocycles. The Labute approximate surface area is 147 Å². The molecule has 2 N–H and O–H groups in total. The van der Waals surface area contributed by atoms with Gasteiger partial charge < -0.3 is 10.4 Å². The predicted octanol–water partition coefficient (Wildman–Crippen LogP) is 4.31. The van der Waals surface area contributed by atoms with Gasteiger partial charge >= 0.3 is 6.09 Å². The normalized spacial score (nSPS) is 11.4. The molecule has 2 aromatic rings. The molecule has 0 bridgehead atoms. The van der Waals surface area contributed by atoms with Crippen molar-refractivity contribution in [2.24, 2.45) is 0 Å². The zero-order valence-corrected chi connectivity index (χ0v) is 15.3. The Morgan fingerprint density at radius 2 is 1.83 bits per heavy atom. The molecule has 24 heavy (non-hydrogen) atoms. The fraction of sp³-hybridized carbons (Fsp3) is 0.389. The van der Waals surface area contributed by atoms with E-state index in [2.05, 4.69) is 41.3 Å². The highest BCUT2D eigenvalue weighted by atomic mass is 35.5. The highest BCUT2D eigenvalue weighted by molar-refractivity contribution is 6.29. The van der Waals surface area contributed by atoms with Gasteiger partial charge in [0.1, 0.15) is 11.0 Å². The van der Waals surface area contributed by atoms with Gasteiger partial charge in [0.05, 0.1) is 5.69 Å². The van der Waals surface area contributed by atoms with Gasteiger partial charge in [-0.3, -0.25) is 0 Å². The number of hydrogen-bond acceptors (Lipinski definition) is 3. The van der Waals surface area contributed by atoms with Crippen LogP contribution in [0.3, 0.4) is 0 Å². The number of aryl methyl sites for hydroxylation is 2. The van der Waals surface area contributed by atoms with Gasteiger partial charge in [0, 0.05) is 23.6 Å². The van der Waals surface area contributed by atoms with Crippen LogP contribution in [0.15, 0.2) is 18.2 Å². The van der Waals surface area contributed by atoms with Gasteiger partial charge in [0.2, 0.25) is 0 Å². The summed E-state index contributed by atoms with van der Waals surface area (Å²) in [5, 5.41) is 11.8. The molecule has 0 aliphatic heterocycles. The van der Waals surface area contributed by atoms with Crippen molar-refractivity contribution in [3.05, 3.63) is 45.9 Å². The third kappa shape index (κ3) is 4.23. The van der Waals surface area contributed by atoms with E-state index in [0.29, 0.717) is 17.4 Å². The van der Waals surface area contributed by atoms with Crippen molar-refractivity contribution in [1.82, 2.24) is 15.3 Å². The lowest BCUT2D eigenvalue weighted by molar-refractivity contribution is 0.182. The molecule has 0 unspecified atom stereocenters. The number of hydrogen-bond donors (Lipinski definition) is 2. The molecule has 0 aliphatic rings. The molecular formula is C18H22ClN3O2. The molecule has 0 spiro atoms. The second-order valence-corrected chi connectivity index (χ2v) is 7.07. The van der Waals surface area contributed by atoms with Crippen molar-refractivity contribution >= 4 is 17.7 Å². The summed E-state index contributed by atoms with van der Waals surface area (Å²) in [5.74, 6) is 0.511. The number of carboxylic acid groups (broad SMARTS) is 1. The van der Waals surface area contributed by atoms with Crippen LogP contribution in [0.25, 0.3) is 11.3 Å². The summed E-state index contributed by atoms with van der Waals surface area (Å²) in [4.78, 5) is 19.8. The lowest BCUT2D eigenvalue weighted by Crippen LogP contribution is -2.44. The standard InChI is InChI=1S/C18H22ClN3O2/c1-10-6-7-11(2)16(12(10)3)13-8-14(19)21-15(20-13)9-18(4,5)22-17(23)24/h6-8,22H,9H2,1-5H3,(H,23,24). The summed E-state index contributed by atoms with van der Waals surface area (Å²) in [6, 6.07) is 5.89. The van der Waals surface area contributed by atoms with Gasteiger partial charge in [-0.15, -0.1) is 0 Å². The van der Waals surface area contributed by atoms with Crippen LogP contribution in [0.2, 0.25) is 5.15 Å². The van der Waals surface area contributed by atoms with Gasteiger partial charge in [0.15, 0.2) is 0 Å². The molecule has 2 rings (SSSR count). The summed E-state index contributed by atoms with van der Waals surface area (Å²) < 4.78 is 0. The van der Waals surface area contributed by atoms with Crippen molar-refractivity contribution in [1.29, 1.82) is 0 Å². The first-order chi connectivity index (χ1) is 11.1. The van der Waals surface area contributed by atoms with E-state index in [0.717, 1.165) is 22.4 Å². The summed E-state index contributed by atoms with van der Waals surface area (Å²) in [6.45, 7) is 9.72. The minimum Gasteiger partial charge on any atom is -0.465 e. The van der Waals surface area contributed by atoms with Crippen LogP contribution < -0.4 is 5.32 Å². The number of nitrogens with one attached hydrogen (secondary N) is 1. The zero-order chi connectivity index (χ0) is 18.1. The maximum atomic E-state index is 10.9. The van der Waals surface area contributed by atoms with E-state index in [1.54, 1.807) is 19.9 Å². The van der Waals surface area contributed by atoms with Crippen molar-refractivity contribution in [2.75, 3.05) is 0 Å². The molecule has 0 saturated heterocycles. The second-order valence-electron chi connectivity index (χ2n) is 6.68. The molecular weight excluding hydrogens is 326 g/mol. The average molecular weight is 348 g/mol. The molecule has 0 saturated carbocycles. The van der Waals surface area contributed by atoms with Gasteiger partial charge in [-0.2, -0.15) is 0 Å². The Morgan fingerprint density at radius 3 is 2.46 bits per heavy atom. The highest BCUT2D eigenvalue weighted by Gasteiger charge is 2.23. The lowest BCUT2D eigenvalue weighted by atomic mass is 9.95. The predicted molar refractivity (Wildman–Crippen MR) is 95.6 cm³/mol. The summed E-state index contributed by atoms with van der Waals surface area (Å²) in [7, 11) is 0. The summed E-state index contributed by atoms with van der Waals surface area (Å²) in [6.07, 6.45) is -0.732. The Balaban J connectivity index is 2.47. The monoisotopic (exact) mass is 347 g/mol. The van der Waals surface area contributed by atoms with Crippen LogP contribution in [-0.2, 0) is 6.42 Å². The van der Waals surface area contributed by atoms with Crippen LogP contribution in [0.5, 0.6) is 0 Å². The number of nitrogens with zero attached hydrogens (tertiary/aromatic N) is 2. The Bertz CT molecular complexity index is 788. The van der Waals surface area contributed by atoms with Gasteiger partial charge in [-0.25, -0.2) is 14.8 Å². The van der Waals surface area contributed by atoms with Crippen molar-refractivity contribution < 1.29 is 9.90 Å². The highest BCUT2D eigenvalue weighted by Crippen LogP contribution is 2.29. The SMILES string of the molecule is Cc1ccc(C)c(-c2cc(Cl)nc(CC(C)(C)NC(=O)O)n2)c1C. The third-order valence-corrected chi connectivity index (χ3v) is 4.18. The van der Waals surface area contributed by atoms with E-state index in [-0.39, 0.29) is 0 Å². The van der Waals surface area contributed by atoms with E-state index >= 15 is 0 Å². The van der Waals surface area contributed by atoms with Crippen molar-refractivity contribution in [2.45, 2.75) is 46.6 Å².